The van der Waals surface area contributed by atoms with Crippen molar-refractivity contribution in [3.63, 3.8) is 0 Å². The Morgan fingerprint density at radius 2 is 2.21 bits per heavy atom. The molecule has 0 spiro atoms. The van der Waals surface area contributed by atoms with Gasteiger partial charge in [0.2, 0.25) is 0 Å². The molecular formula is C14H26N2O3. The topological polar surface area (TPSA) is 64.8 Å². The number of esters is 1. The van der Waals surface area contributed by atoms with E-state index < -0.39 is 5.54 Å². The van der Waals surface area contributed by atoms with Gasteiger partial charge in [-0.05, 0) is 39.5 Å². The average Bonchev–Trinajstić information content (AvgIpc) is 2.36. The maximum Gasteiger partial charge on any atom is 0.325 e. The number of ether oxygens (including phenoxy) is 2. The Labute approximate surface area is 115 Å². The van der Waals surface area contributed by atoms with Crippen molar-refractivity contribution in [3.05, 3.63) is 0 Å². The number of methoxy groups -OCH3 is 1. The van der Waals surface area contributed by atoms with Gasteiger partial charge in [-0.2, -0.15) is 0 Å². The molecule has 2 aliphatic rings. The zero-order chi connectivity index (χ0) is 14.1. The van der Waals surface area contributed by atoms with E-state index in [9.17, 15) is 4.79 Å². The highest BCUT2D eigenvalue weighted by Crippen LogP contribution is 2.32. The van der Waals surface area contributed by atoms with Crippen molar-refractivity contribution in [1.29, 1.82) is 0 Å². The summed E-state index contributed by atoms with van der Waals surface area (Å²) in [6, 6.07) is 0.362. The first-order valence-electron chi connectivity index (χ1n) is 7.12. The van der Waals surface area contributed by atoms with Crippen molar-refractivity contribution in [2.24, 2.45) is 5.73 Å². The van der Waals surface area contributed by atoms with E-state index in [1.807, 2.05) is 0 Å². The SMILES string of the molecule is COC(=O)C1(N)CCCC(N2CCOC(C)(C)C2)C1. The molecule has 0 bridgehead atoms. The Balaban J connectivity index is 2.03. The van der Waals surface area contributed by atoms with E-state index in [2.05, 4.69) is 18.7 Å². The minimum atomic E-state index is -0.805. The molecule has 0 amide bonds. The highest BCUT2D eigenvalue weighted by Gasteiger charge is 2.43. The Kier molecular flexibility index (Phi) is 4.18. The number of hydrogen-bond donors (Lipinski definition) is 1. The van der Waals surface area contributed by atoms with Gasteiger partial charge in [-0.25, -0.2) is 0 Å². The molecule has 1 aliphatic carbocycles. The maximum absolute atomic E-state index is 11.9. The number of nitrogens with zero attached hydrogens (tertiary/aromatic N) is 1. The lowest BCUT2D eigenvalue weighted by Gasteiger charge is -2.46. The summed E-state index contributed by atoms with van der Waals surface area (Å²) in [5.41, 5.74) is 5.33. The summed E-state index contributed by atoms with van der Waals surface area (Å²) in [4.78, 5) is 14.3. The summed E-state index contributed by atoms with van der Waals surface area (Å²) < 4.78 is 10.6. The van der Waals surface area contributed by atoms with Gasteiger partial charge in [0, 0.05) is 19.1 Å². The van der Waals surface area contributed by atoms with Crippen LogP contribution in [0.15, 0.2) is 0 Å². The summed E-state index contributed by atoms with van der Waals surface area (Å²) in [5.74, 6) is -0.273. The highest BCUT2D eigenvalue weighted by atomic mass is 16.5. The lowest BCUT2D eigenvalue weighted by atomic mass is 9.78. The predicted octanol–water partition coefficient (Wildman–Crippen LogP) is 0.910. The molecule has 1 saturated carbocycles. The molecule has 0 aromatic rings. The third kappa shape index (κ3) is 3.27. The number of carbonyl (C=O) groups is 1. The third-order valence-electron chi connectivity index (χ3n) is 4.32. The first kappa shape index (κ1) is 14.8. The lowest BCUT2D eigenvalue weighted by Crippen LogP contribution is -2.59. The number of carbonyl (C=O) groups excluding carboxylic acids is 1. The minimum absolute atomic E-state index is 0.113. The van der Waals surface area contributed by atoms with Gasteiger partial charge in [0.1, 0.15) is 5.54 Å². The Morgan fingerprint density at radius 1 is 1.47 bits per heavy atom. The molecule has 19 heavy (non-hydrogen) atoms. The third-order valence-corrected chi connectivity index (χ3v) is 4.32. The molecule has 5 heteroatoms. The van der Waals surface area contributed by atoms with Crippen LogP contribution >= 0.6 is 0 Å². The van der Waals surface area contributed by atoms with Crippen LogP contribution < -0.4 is 5.73 Å². The molecule has 1 aliphatic heterocycles. The van der Waals surface area contributed by atoms with Crippen molar-refractivity contribution in [1.82, 2.24) is 4.90 Å². The second-order valence-corrected chi connectivity index (χ2v) is 6.48. The first-order chi connectivity index (χ1) is 8.86. The summed E-state index contributed by atoms with van der Waals surface area (Å²) in [5, 5.41) is 0. The zero-order valence-corrected chi connectivity index (χ0v) is 12.3. The molecule has 2 unspecified atom stereocenters. The second-order valence-electron chi connectivity index (χ2n) is 6.48. The van der Waals surface area contributed by atoms with Crippen molar-refractivity contribution < 1.29 is 14.3 Å². The molecule has 2 rings (SSSR count). The number of nitrogens with two attached hydrogens (primary N) is 1. The zero-order valence-electron chi connectivity index (χ0n) is 12.3. The highest BCUT2D eigenvalue weighted by molar-refractivity contribution is 5.80. The molecule has 110 valence electrons. The average molecular weight is 270 g/mol. The molecule has 0 radical (unpaired) electrons. The molecule has 0 aromatic carbocycles. The molecule has 1 saturated heterocycles. The van der Waals surface area contributed by atoms with Crippen molar-refractivity contribution in [2.45, 2.75) is 56.7 Å². The normalized spacial score (nSPS) is 35.9. The molecule has 2 fully saturated rings. The van der Waals surface area contributed by atoms with Crippen LogP contribution in [0.1, 0.15) is 39.5 Å². The van der Waals surface area contributed by atoms with Gasteiger partial charge in [0.05, 0.1) is 19.3 Å². The maximum atomic E-state index is 11.9. The van der Waals surface area contributed by atoms with Crippen molar-refractivity contribution in [3.8, 4) is 0 Å². The van der Waals surface area contributed by atoms with Crippen LogP contribution in [0, 0.1) is 0 Å². The Morgan fingerprint density at radius 3 is 2.84 bits per heavy atom. The molecular weight excluding hydrogens is 244 g/mol. The fourth-order valence-corrected chi connectivity index (χ4v) is 3.34. The van der Waals surface area contributed by atoms with E-state index in [-0.39, 0.29) is 11.6 Å². The van der Waals surface area contributed by atoms with E-state index in [0.717, 1.165) is 39.0 Å². The summed E-state index contributed by atoms with van der Waals surface area (Å²) in [6.07, 6.45) is 3.50. The molecule has 2 atom stereocenters. The molecule has 1 heterocycles. The fourth-order valence-electron chi connectivity index (χ4n) is 3.34. The number of rotatable bonds is 2. The predicted molar refractivity (Wildman–Crippen MR) is 72.8 cm³/mol. The van der Waals surface area contributed by atoms with Crippen molar-refractivity contribution >= 4 is 5.97 Å². The van der Waals surface area contributed by atoms with Crippen LogP contribution in [0.3, 0.4) is 0 Å². The van der Waals surface area contributed by atoms with Gasteiger partial charge in [-0.1, -0.05) is 0 Å². The molecule has 5 nitrogen and oxygen atoms in total. The molecule has 2 N–H and O–H groups in total. The van der Waals surface area contributed by atoms with E-state index in [0.29, 0.717) is 12.5 Å². The van der Waals surface area contributed by atoms with E-state index >= 15 is 0 Å². The first-order valence-corrected chi connectivity index (χ1v) is 7.12. The minimum Gasteiger partial charge on any atom is -0.468 e. The van der Waals surface area contributed by atoms with E-state index in [1.165, 1.54) is 7.11 Å². The summed E-state index contributed by atoms with van der Waals surface area (Å²) >= 11 is 0. The van der Waals surface area contributed by atoms with Crippen LogP contribution in [-0.4, -0.2) is 54.9 Å². The van der Waals surface area contributed by atoms with E-state index in [4.69, 9.17) is 15.2 Å². The standard InChI is InChI=1S/C14H26N2O3/c1-13(2)10-16(7-8-19-13)11-5-4-6-14(15,9-11)12(17)18-3/h11H,4-10,15H2,1-3H3. The van der Waals surface area contributed by atoms with Crippen LogP contribution in [0.5, 0.6) is 0 Å². The number of hydrogen-bond acceptors (Lipinski definition) is 5. The summed E-state index contributed by atoms with van der Waals surface area (Å²) in [6.45, 7) is 6.79. The van der Waals surface area contributed by atoms with Crippen LogP contribution in [0.25, 0.3) is 0 Å². The smallest absolute Gasteiger partial charge is 0.325 e. The quantitative estimate of drug-likeness (QED) is 0.756. The Bertz CT molecular complexity index is 346. The van der Waals surface area contributed by atoms with Crippen LogP contribution in [0.2, 0.25) is 0 Å². The second kappa shape index (κ2) is 5.38. The largest absolute Gasteiger partial charge is 0.468 e. The number of morpholine rings is 1. The Hall–Kier alpha value is -0.650. The van der Waals surface area contributed by atoms with Gasteiger partial charge < -0.3 is 15.2 Å². The summed E-state index contributed by atoms with van der Waals surface area (Å²) in [7, 11) is 1.42. The van der Waals surface area contributed by atoms with Gasteiger partial charge in [-0.3, -0.25) is 9.69 Å². The van der Waals surface area contributed by atoms with Crippen molar-refractivity contribution in [2.75, 3.05) is 26.8 Å². The van der Waals surface area contributed by atoms with Gasteiger partial charge in [0.25, 0.3) is 0 Å². The van der Waals surface area contributed by atoms with E-state index in [1.54, 1.807) is 0 Å². The molecule has 0 aromatic heterocycles. The lowest BCUT2D eigenvalue weighted by molar-refractivity contribution is -0.150. The van der Waals surface area contributed by atoms with Gasteiger partial charge in [-0.15, -0.1) is 0 Å². The van der Waals surface area contributed by atoms with Gasteiger partial charge in [0.15, 0.2) is 0 Å². The van der Waals surface area contributed by atoms with Gasteiger partial charge >= 0.3 is 5.97 Å². The fraction of sp³-hybridized carbons (Fsp3) is 0.929. The van der Waals surface area contributed by atoms with Crippen LogP contribution in [0.4, 0.5) is 0 Å². The van der Waals surface area contributed by atoms with Crippen LogP contribution in [-0.2, 0) is 14.3 Å². The monoisotopic (exact) mass is 270 g/mol.